The van der Waals surface area contributed by atoms with Gasteiger partial charge in [-0.15, -0.1) is 0 Å². The van der Waals surface area contributed by atoms with E-state index in [1.54, 1.807) is 0 Å². The molecule has 1 heterocycles. The van der Waals surface area contributed by atoms with Crippen molar-refractivity contribution in [3.8, 4) is 11.8 Å². The van der Waals surface area contributed by atoms with Gasteiger partial charge in [-0.05, 0) is 43.5 Å². The van der Waals surface area contributed by atoms with Crippen molar-refractivity contribution in [3.05, 3.63) is 29.3 Å². The average molecular weight is 256 g/mol. The first kappa shape index (κ1) is 13.6. The van der Waals surface area contributed by atoms with E-state index in [1.807, 2.05) is 30.0 Å². The van der Waals surface area contributed by atoms with E-state index in [4.69, 9.17) is 5.73 Å². The highest BCUT2D eigenvalue weighted by Crippen LogP contribution is 2.24. The molecule has 0 bridgehead atoms. The Labute approximate surface area is 114 Å². The van der Waals surface area contributed by atoms with Crippen LogP contribution >= 0.6 is 0 Å². The van der Waals surface area contributed by atoms with Gasteiger partial charge < -0.3 is 10.6 Å². The summed E-state index contributed by atoms with van der Waals surface area (Å²) in [5.74, 6) is 6.10. The molecule has 0 saturated carbocycles. The number of benzene rings is 1. The lowest BCUT2D eigenvalue weighted by Gasteiger charge is -2.22. The van der Waals surface area contributed by atoms with Crippen LogP contribution in [0.1, 0.15) is 36.8 Å². The van der Waals surface area contributed by atoms with E-state index >= 15 is 0 Å². The summed E-state index contributed by atoms with van der Waals surface area (Å²) in [7, 11) is 0. The van der Waals surface area contributed by atoms with Gasteiger partial charge in [0.25, 0.3) is 0 Å². The first-order valence-corrected chi connectivity index (χ1v) is 6.82. The zero-order valence-electron chi connectivity index (χ0n) is 11.4. The van der Waals surface area contributed by atoms with E-state index < -0.39 is 0 Å². The molecule has 0 atom stereocenters. The second-order valence-corrected chi connectivity index (χ2v) is 4.86. The van der Waals surface area contributed by atoms with E-state index in [1.165, 1.54) is 0 Å². The topological polar surface area (TPSA) is 46.3 Å². The minimum atomic E-state index is 0.237. The van der Waals surface area contributed by atoms with Crippen LogP contribution in [0.15, 0.2) is 18.2 Å². The molecule has 2 N–H and O–H groups in total. The maximum absolute atomic E-state index is 12.1. The van der Waals surface area contributed by atoms with Gasteiger partial charge in [0, 0.05) is 24.2 Å². The molecule has 3 nitrogen and oxygen atoms in total. The molecular formula is C16H20N2O. The lowest BCUT2D eigenvalue weighted by Crippen LogP contribution is -2.30. The Morgan fingerprint density at radius 3 is 2.89 bits per heavy atom. The van der Waals surface area contributed by atoms with Gasteiger partial charge in [-0.3, -0.25) is 4.79 Å². The second kappa shape index (κ2) is 6.40. The van der Waals surface area contributed by atoms with Gasteiger partial charge in [0.1, 0.15) is 0 Å². The van der Waals surface area contributed by atoms with E-state index in [9.17, 15) is 4.79 Å². The summed E-state index contributed by atoms with van der Waals surface area (Å²) in [6.07, 6.45) is 3.89. The summed E-state index contributed by atoms with van der Waals surface area (Å²) in [6.45, 7) is 3.22. The molecule has 3 heteroatoms. The van der Waals surface area contributed by atoms with E-state index in [0.29, 0.717) is 13.0 Å². The average Bonchev–Trinajstić information content (AvgIpc) is 2.61. The molecule has 0 radical (unpaired) electrons. The van der Waals surface area contributed by atoms with Crippen molar-refractivity contribution in [2.75, 3.05) is 18.0 Å². The summed E-state index contributed by atoms with van der Waals surface area (Å²) < 4.78 is 0. The smallest absolute Gasteiger partial charge is 0.226 e. The van der Waals surface area contributed by atoms with Gasteiger partial charge in [-0.2, -0.15) is 0 Å². The normalized spacial score (nSPS) is 15.7. The molecule has 0 spiro atoms. The fourth-order valence-corrected chi connectivity index (χ4v) is 2.43. The zero-order valence-corrected chi connectivity index (χ0v) is 11.4. The largest absolute Gasteiger partial charge is 0.320 e. The van der Waals surface area contributed by atoms with Crippen LogP contribution in [0.2, 0.25) is 0 Å². The van der Waals surface area contributed by atoms with Crippen LogP contribution in [-0.4, -0.2) is 19.0 Å². The van der Waals surface area contributed by atoms with Gasteiger partial charge >= 0.3 is 0 Å². The summed E-state index contributed by atoms with van der Waals surface area (Å²) >= 11 is 0. The second-order valence-electron chi connectivity index (χ2n) is 4.86. The van der Waals surface area contributed by atoms with Crippen molar-refractivity contribution in [2.45, 2.75) is 32.6 Å². The quantitative estimate of drug-likeness (QED) is 0.783. The Bertz CT molecular complexity index is 525. The molecule has 1 fully saturated rings. The molecule has 0 unspecified atom stereocenters. The van der Waals surface area contributed by atoms with Crippen molar-refractivity contribution < 1.29 is 4.79 Å². The first-order valence-electron chi connectivity index (χ1n) is 6.82. The van der Waals surface area contributed by atoms with Crippen LogP contribution in [0.5, 0.6) is 0 Å². The number of aryl methyl sites for hydroxylation is 1. The van der Waals surface area contributed by atoms with Crippen LogP contribution in [0.4, 0.5) is 5.69 Å². The molecule has 0 aromatic heterocycles. The summed E-state index contributed by atoms with van der Waals surface area (Å²) in [5, 5.41) is 0. The van der Waals surface area contributed by atoms with Crippen molar-refractivity contribution in [3.63, 3.8) is 0 Å². The molecule has 100 valence electrons. The minimum Gasteiger partial charge on any atom is -0.320 e. The SMILES string of the molecule is Cc1cc(C#CCN)ccc1N1CCCCCC1=O. The van der Waals surface area contributed by atoms with Crippen molar-refractivity contribution in [1.29, 1.82) is 0 Å². The first-order chi connectivity index (χ1) is 9.22. The summed E-state index contributed by atoms with van der Waals surface area (Å²) in [6, 6.07) is 5.98. The van der Waals surface area contributed by atoms with Crippen LogP contribution in [0, 0.1) is 18.8 Å². The fourth-order valence-electron chi connectivity index (χ4n) is 2.43. The number of carbonyl (C=O) groups is 1. The van der Waals surface area contributed by atoms with Crippen LogP contribution in [0.25, 0.3) is 0 Å². The van der Waals surface area contributed by atoms with Crippen LogP contribution in [0.3, 0.4) is 0 Å². The highest BCUT2D eigenvalue weighted by molar-refractivity contribution is 5.94. The zero-order chi connectivity index (χ0) is 13.7. The highest BCUT2D eigenvalue weighted by atomic mass is 16.2. The maximum atomic E-state index is 12.1. The predicted molar refractivity (Wildman–Crippen MR) is 77.9 cm³/mol. The Hall–Kier alpha value is -1.79. The molecule has 1 aromatic carbocycles. The summed E-state index contributed by atoms with van der Waals surface area (Å²) in [4.78, 5) is 14.0. The monoisotopic (exact) mass is 256 g/mol. The number of nitrogens with two attached hydrogens (primary N) is 1. The summed E-state index contributed by atoms with van der Waals surface area (Å²) in [5.41, 5.74) is 8.44. The molecule has 1 aliphatic heterocycles. The number of hydrogen-bond acceptors (Lipinski definition) is 2. The lowest BCUT2D eigenvalue weighted by atomic mass is 10.1. The van der Waals surface area contributed by atoms with E-state index in [0.717, 1.165) is 42.6 Å². The van der Waals surface area contributed by atoms with E-state index in [2.05, 4.69) is 11.8 Å². The standard InChI is InChI=1S/C16H20N2O/c1-13-12-14(6-5-10-17)8-9-15(13)18-11-4-2-3-7-16(18)19/h8-9,12H,2-4,7,10-11,17H2,1H3. The number of nitrogens with zero attached hydrogens (tertiary/aromatic N) is 1. The molecule has 2 rings (SSSR count). The van der Waals surface area contributed by atoms with Crippen LogP contribution < -0.4 is 10.6 Å². The molecule has 19 heavy (non-hydrogen) atoms. The van der Waals surface area contributed by atoms with Gasteiger partial charge in [-0.1, -0.05) is 18.3 Å². The molecule has 0 aliphatic carbocycles. The van der Waals surface area contributed by atoms with Crippen molar-refractivity contribution in [2.24, 2.45) is 5.73 Å². The Kier molecular flexibility index (Phi) is 4.59. The number of rotatable bonds is 1. The molecule has 1 aromatic rings. The number of hydrogen-bond donors (Lipinski definition) is 1. The Balaban J connectivity index is 2.26. The van der Waals surface area contributed by atoms with Crippen molar-refractivity contribution in [1.82, 2.24) is 0 Å². The predicted octanol–water partition coefficient (Wildman–Crippen LogP) is 2.21. The van der Waals surface area contributed by atoms with Crippen LogP contribution in [-0.2, 0) is 4.79 Å². The maximum Gasteiger partial charge on any atom is 0.226 e. The third-order valence-corrected chi connectivity index (χ3v) is 3.40. The van der Waals surface area contributed by atoms with Gasteiger partial charge in [-0.25, -0.2) is 0 Å². The van der Waals surface area contributed by atoms with Gasteiger partial charge in [0.15, 0.2) is 0 Å². The molecule has 1 amide bonds. The highest BCUT2D eigenvalue weighted by Gasteiger charge is 2.19. The molecule has 1 saturated heterocycles. The minimum absolute atomic E-state index is 0.237. The van der Waals surface area contributed by atoms with Gasteiger partial charge in [0.2, 0.25) is 5.91 Å². The fraction of sp³-hybridized carbons (Fsp3) is 0.438. The van der Waals surface area contributed by atoms with Crippen molar-refractivity contribution >= 4 is 11.6 Å². The number of amides is 1. The number of carbonyl (C=O) groups excluding carboxylic acids is 1. The molecular weight excluding hydrogens is 236 g/mol. The van der Waals surface area contributed by atoms with Gasteiger partial charge in [0.05, 0.1) is 6.54 Å². The third-order valence-electron chi connectivity index (χ3n) is 3.40. The van der Waals surface area contributed by atoms with E-state index in [-0.39, 0.29) is 5.91 Å². The molecule has 1 aliphatic rings. The number of anilines is 1. The Morgan fingerprint density at radius 2 is 2.16 bits per heavy atom. The lowest BCUT2D eigenvalue weighted by molar-refractivity contribution is -0.118. The third kappa shape index (κ3) is 3.36. The Morgan fingerprint density at radius 1 is 1.32 bits per heavy atom.